The van der Waals surface area contributed by atoms with Crippen LogP contribution in [0.3, 0.4) is 0 Å². The maximum Gasteiger partial charge on any atom is 0.214 e. The summed E-state index contributed by atoms with van der Waals surface area (Å²) in [7, 11) is -1.92. The van der Waals surface area contributed by atoms with Crippen LogP contribution in [-0.4, -0.2) is 32.9 Å². The first-order valence-electron chi connectivity index (χ1n) is 7.13. The molecular weight excluding hydrogens is 293 g/mol. The molecule has 2 rings (SSSR count). The lowest BCUT2D eigenvalue weighted by Crippen LogP contribution is -2.56. The maximum absolute atomic E-state index is 13.3. The first kappa shape index (κ1) is 16.4. The Morgan fingerprint density at radius 2 is 2.14 bits per heavy atom. The van der Waals surface area contributed by atoms with Gasteiger partial charge in [-0.3, -0.25) is 0 Å². The second kappa shape index (κ2) is 6.42. The van der Waals surface area contributed by atoms with Gasteiger partial charge in [0.25, 0.3) is 0 Å². The number of halogens is 1. The summed E-state index contributed by atoms with van der Waals surface area (Å²) in [4.78, 5) is 0. The Hall–Kier alpha value is -0.980. The van der Waals surface area contributed by atoms with Gasteiger partial charge < -0.3 is 4.74 Å². The van der Waals surface area contributed by atoms with Crippen LogP contribution < -0.4 is 4.72 Å². The van der Waals surface area contributed by atoms with Crippen molar-refractivity contribution in [2.24, 2.45) is 0 Å². The number of sulfonamides is 1. The van der Waals surface area contributed by atoms with Crippen molar-refractivity contribution in [3.63, 3.8) is 0 Å². The second-order valence-corrected chi connectivity index (χ2v) is 7.64. The lowest BCUT2D eigenvalue weighted by molar-refractivity contribution is 0.135. The molecule has 4 nitrogen and oxygen atoms in total. The van der Waals surface area contributed by atoms with E-state index >= 15 is 0 Å². The van der Waals surface area contributed by atoms with Crippen molar-refractivity contribution in [3.05, 3.63) is 35.6 Å². The summed E-state index contributed by atoms with van der Waals surface area (Å²) in [6.45, 7) is 1.72. The highest BCUT2D eigenvalue weighted by Gasteiger charge is 2.40. The number of nitrogens with one attached hydrogen (secondary N) is 1. The third-order valence-electron chi connectivity index (χ3n) is 3.97. The molecule has 1 aliphatic rings. The molecule has 0 heterocycles. The van der Waals surface area contributed by atoms with E-state index in [9.17, 15) is 12.8 Å². The standard InChI is InChI=1S/C15H22FNO3S/c1-12(20-2)11-21(18,19)17-15(7-4-8-15)10-13-5-3-6-14(16)9-13/h3,5-6,9,12,17H,4,7-8,10-11H2,1-2H3. The topological polar surface area (TPSA) is 55.4 Å². The molecule has 0 bridgehead atoms. The summed E-state index contributed by atoms with van der Waals surface area (Å²) >= 11 is 0. The summed E-state index contributed by atoms with van der Waals surface area (Å²) in [6.07, 6.45) is 2.71. The molecule has 1 unspecified atom stereocenters. The molecule has 0 aromatic heterocycles. The van der Waals surface area contributed by atoms with Gasteiger partial charge in [-0.2, -0.15) is 0 Å². The second-order valence-electron chi connectivity index (χ2n) is 5.87. The highest BCUT2D eigenvalue weighted by atomic mass is 32.2. The van der Waals surface area contributed by atoms with Gasteiger partial charge in [0.2, 0.25) is 10.0 Å². The number of ether oxygens (including phenoxy) is 1. The zero-order valence-electron chi connectivity index (χ0n) is 12.4. The van der Waals surface area contributed by atoms with E-state index in [4.69, 9.17) is 4.74 Å². The molecule has 1 fully saturated rings. The van der Waals surface area contributed by atoms with Crippen molar-refractivity contribution in [3.8, 4) is 0 Å². The first-order valence-corrected chi connectivity index (χ1v) is 8.78. The van der Waals surface area contributed by atoms with Gasteiger partial charge in [0.1, 0.15) is 5.82 Å². The number of methoxy groups -OCH3 is 1. The monoisotopic (exact) mass is 315 g/mol. The Kier molecular flexibility index (Phi) is 5.01. The van der Waals surface area contributed by atoms with E-state index in [2.05, 4.69) is 4.72 Å². The highest BCUT2D eigenvalue weighted by molar-refractivity contribution is 7.89. The van der Waals surface area contributed by atoms with Gasteiger partial charge in [-0.15, -0.1) is 0 Å². The SMILES string of the molecule is COC(C)CS(=O)(=O)NC1(Cc2cccc(F)c2)CCC1. The normalized spacial score (nSPS) is 19.0. The van der Waals surface area contributed by atoms with Gasteiger partial charge in [0.15, 0.2) is 0 Å². The third kappa shape index (κ3) is 4.49. The molecule has 118 valence electrons. The molecule has 6 heteroatoms. The molecule has 0 radical (unpaired) electrons. The van der Waals surface area contributed by atoms with E-state index in [1.807, 2.05) is 6.07 Å². The van der Waals surface area contributed by atoms with Crippen LogP contribution in [0.5, 0.6) is 0 Å². The quantitative estimate of drug-likeness (QED) is 0.839. The van der Waals surface area contributed by atoms with Gasteiger partial charge in [-0.1, -0.05) is 12.1 Å². The van der Waals surface area contributed by atoms with Gasteiger partial charge in [0.05, 0.1) is 11.9 Å². The summed E-state index contributed by atoms with van der Waals surface area (Å²) in [5.74, 6) is -0.355. The van der Waals surface area contributed by atoms with E-state index in [1.165, 1.54) is 19.2 Å². The fraction of sp³-hybridized carbons (Fsp3) is 0.600. The first-order chi connectivity index (χ1) is 9.84. The van der Waals surface area contributed by atoms with Crippen molar-refractivity contribution in [1.29, 1.82) is 0 Å². The molecule has 0 spiro atoms. The van der Waals surface area contributed by atoms with E-state index in [0.717, 1.165) is 24.8 Å². The molecule has 1 aromatic rings. The molecule has 1 aromatic carbocycles. The van der Waals surface area contributed by atoms with Crippen molar-refractivity contribution >= 4 is 10.0 Å². The Morgan fingerprint density at radius 1 is 1.43 bits per heavy atom. The van der Waals surface area contributed by atoms with Crippen molar-refractivity contribution in [2.45, 2.75) is 44.2 Å². The number of rotatable bonds is 7. The molecule has 1 aliphatic carbocycles. The lowest BCUT2D eigenvalue weighted by atomic mass is 9.74. The van der Waals surface area contributed by atoms with E-state index in [1.54, 1.807) is 13.0 Å². The summed E-state index contributed by atoms with van der Waals surface area (Å²) in [6, 6.07) is 6.33. The van der Waals surface area contributed by atoms with Crippen LogP contribution >= 0.6 is 0 Å². The minimum Gasteiger partial charge on any atom is -0.381 e. The minimum atomic E-state index is -3.41. The van der Waals surface area contributed by atoms with Crippen LogP contribution in [0.25, 0.3) is 0 Å². The van der Waals surface area contributed by atoms with Crippen molar-refractivity contribution < 1.29 is 17.5 Å². The van der Waals surface area contributed by atoms with Crippen molar-refractivity contribution in [2.75, 3.05) is 12.9 Å². The fourth-order valence-corrected chi connectivity index (χ4v) is 4.48. The van der Waals surface area contributed by atoms with Crippen LogP contribution in [0, 0.1) is 5.82 Å². The van der Waals surface area contributed by atoms with E-state index in [-0.39, 0.29) is 17.7 Å². The zero-order valence-corrected chi connectivity index (χ0v) is 13.2. The lowest BCUT2D eigenvalue weighted by Gasteiger charge is -2.42. The average Bonchev–Trinajstić information content (AvgIpc) is 2.35. The van der Waals surface area contributed by atoms with Gasteiger partial charge in [-0.25, -0.2) is 17.5 Å². The predicted molar refractivity (Wildman–Crippen MR) is 80.1 cm³/mol. The number of benzene rings is 1. The predicted octanol–water partition coefficient (Wildman–Crippen LogP) is 2.25. The van der Waals surface area contributed by atoms with Crippen LogP contribution in [0.2, 0.25) is 0 Å². The van der Waals surface area contributed by atoms with Crippen LogP contribution in [-0.2, 0) is 21.2 Å². The molecular formula is C15H22FNO3S. The van der Waals surface area contributed by atoms with E-state index < -0.39 is 15.6 Å². The summed E-state index contributed by atoms with van der Waals surface area (Å²) < 4.78 is 45.5. The largest absolute Gasteiger partial charge is 0.381 e. The number of hydrogen-bond donors (Lipinski definition) is 1. The average molecular weight is 315 g/mol. The summed E-state index contributed by atoms with van der Waals surface area (Å²) in [5, 5.41) is 0. The number of hydrogen-bond acceptors (Lipinski definition) is 3. The van der Waals surface area contributed by atoms with Gasteiger partial charge in [-0.05, 0) is 50.3 Å². The third-order valence-corrected chi connectivity index (χ3v) is 5.62. The molecule has 1 saturated carbocycles. The Balaban J connectivity index is 2.08. The molecule has 0 amide bonds. The van der Waals surface area contributed by atoms with E-state index in [0.29, 0.717) is 6.42 Å². The molecule has 0 saturated heterocycles. The molecule has 1 N–H and O–H groups in total. The van der Waals surface area contributed by atoms with Crippen LogP contribution in [0.4, 0.5) is 4.39 Å². The highest BCUT2D eigenvalue weighted by Crippen LogP contribution is 2.36. The Morgan fingerprint density at radius 3 is 2.67 bits per heavy atom. The maximum atomic E-state index is 13.3. The fourth-order valence-electron chi connectivity index (χ4n) is 2.70. The Labute approximate surface area is 125 Å². The minimum absolute atomic E-state index is 0.0611. The molecule has 0 aliphatic heterocycles. The van der Waals surface area contributed by atoms with Crippen molar-refractivity contribution in [1.82, 2.24) is 4.72 Å². The summed E-state index contributed by atoms with van der Waals surface area (Å²) in [5.41, 5.74) is 0.345. The van der Waals surface area contributed by atoms with Gasteiger partial charge >= 0.3 is 0 Å². The van der Waals surface area contributed by atoms with Crippen LogP contribution in [0.1, 0.15) is 31.7 Å². The molecule has 21 heavy (non-hydrogen) atoms. The van der Waals surface area contributed by atoms with Gasteiger partial charge in [0, 0.05) is 12.6 Å². The molecule has 1 atom stereocenters. The van der Waals surface area contributed by atoms with Crippen LogP contribution in [0.15, 0.2) is 24.3 Å². The Bertz CT molecular complexity index is 584. The smallest absolute Gasteiger partial charge is 0.214 e. The zero-order chi connectivity index (χ0) is 15.5.